The number of nitrogens with zero attached hydrogens (tertiary/aromatic N) is 1. The summed E-state index contributed by atoms with van der Waals surface area (Å²) in [6.45, 7) is 4.58. The largest absolute Gasteiger partial charge is 0.357 e. The Morgan fingerprint density at radius 3 is 2.14 bits per heavy atom. The molecule has 22 heavy (non-hydrogen) atoms. The van der Waals surface area contributed by atoms with Crippen molar-refractivity contribution in [2.75, 3.05) is 4.90 Å². The summed E-state index contributed by atoms with van der Waals surface area (Å²) in [5.41, 5.74) is 6.03. The molecule has 1 heterocycles. The molecule has 0 amide bonds. The van der Waals surface area contributed by atoms with E-state index in [1.54, 1.807) is 5.57 Å². The third-order valence-corrected chi connectivity index (χ3v) is 5.30. The van der Waals surface area contributed by atoms with Crippen LogP contribution in [0.1, 0.15) is 38.3 Å². The van der Waals surface area contributed by atoms with Crippen molar-refractivity contribution < 1.29 is 0 Å². The van der Waals surface area contributed by atoms with Crippen molar-refractivity contribution in [1.29, 1.82) is 0 Å². The highest BCUT2D eigenvalue weighted by Gasteiger charge is 2.50. The van der Waals surface area contributed by atoms with E-state index in [1.807, 2.05) is 0 Å². The number of fused-ring (bicyclic) bond motifs is 2. The van der Waals surface area contributed by atoms with E-state index in [1.165, 1.54) is 29.7 Å². The van der Waals surface area contributed by atoms with Crippen LogP contribution < -0.4 is 4.90 Å². The molecule has 1 heteroatoms. The Kier molecular flexibility index (Phi) is 3.29. The zero-order chi connectivity index (χ0) is 15.1. The number of piperidine rings is 1. The topological polar surface area (TPSA) is 3.24 Å². The molecule has 0 aromatic heterocycles. The molecule has 2 bridgehead atoms. The molecule has 0 radical (unpaired) electrons. The lowest BCUT2D eigenvalue weighted by molar-refractivity contribution is 0.450. The Labute approximate surface area is 133 Å². The third kappa shape index (κ3) is 1.99. The van der Waals surface area contributed by atoms with Gasteiger partial charge in [0.25, 0.3) is 0 Å². The average molecular weight is 289 g/mol. The summed E-state index contributed by atoms with van der Waals surface area (Å²) in [6.07, 6.45) is 2.62. The van der Waals surface area contributed by atoms with Gasteiger partial charge >= 0.3 is 0 Å². The van der Waals surface area contributed by atoms with Gasteiger partial charge in [-0.25, -0.2) is 0 Å². The first-order valence-corrected chi connectivity index (χ1v) is 8.33. The van der Waals surface area contributed by atoms with Gasteiger partial charge < -0.3 is 4.90 Å². The number of hydrogen-bond donors (Lipinski definition) is 0. The van der Waals surface area contributed by atoms with E-state index in [9.17, 15) is 0 Å². The van der Waals surface area contributed by atoms with Crippen molar-refractivity contribution in [3.05, 3.63) is 77.4 Å². The Hall–Kier alpha value is -2.02. The first-order valence-electron chi connectivity index (χ1n) is 8.33. The molecular formula is C21H23N. The summed E-state index contributed by atoms with van der Waals surface area (Å²) < 4.78 is 0. The van der Waals surface area contributed by atoms with E-state index in [-0.39, 0.29) is 0 Å². The lowest BCUT2D eigenvalue weighted by Gasteiger charge is -2.37. The SMILES string of the molecule is CC(C)=C1C2CCC1N(c1ccccc1)C2c1ccccc1. The lowest BCUT2D eigenvalue weighted by atomic mass is 9.89. The van der Waals surface area contributed by atoms with Crippen LogP contribution >= 0.6 is 0 Å². The molecule has 2 aromatic rings. The quantitative estimate of drug-likeness (QED) is 0.672. The van der Waals surface area contributed by atoms with Gasteiger partial charge in [-0.1, -0.05) is 54.1 Å². The van der Waals surface area contributed by atoms with Crippen molar-refractivity contribution in [3.63, 3.8) is 0 Å². The number of hydrogen-bond acceptors (Lipinski definition) is 1. The predicted molar refractivity (Wildman–Crippen MR) is 93.0 cm³/mol. The first kappa shape index (κ1) is 13.6. The normalized spacial score (nSPS) is 26.5. The fraction of sp³-hybridized carbons (Fsp3) is 0.333. The molecular weight excluding hydrogens is 266 g/mol. The van der Waals surface area contributed by atoms with Crippen LogP contribution in [0.2, 0.25) is 0 Å². The lowest BCUT2D eigenvalue weighted by Crippen LogP contribution is -2.35. The molecule has 2 fully saturated rings. The minimum absolute atomic E-state index is 0.493. The molecule has 2 aliphatic rings. The van der Waals surface area contributed by atoms with Crippen LogP contribution in [-0.2, 0) is 0 Å². The smallest absolute Gasteiger partial charge is 0.0614 e. The van der Waals surface area contributed by atoms with E-state index >= 15 is 0 Å². The van der Waals surface area contributed by atoms with Crippen molar-refractivity contribution in [3.8, 4) is 0 Å². The van der Waals surface area contributed by atoms with E-state index in [2.05, 4.69) is 79.4 Å². The van der Waals surface area contributed by atoms with Crippen molar-refractivity contribution in [2.45, 2.75) is 38.8 Å². The Morgan fingerprint density at radius 1 is 0.864 bits per heavy atom. The van der Waals surface area contributed by atoms with Crippen molar-refractivity contribution >= 4 is 5.69 Å². The van der Waals surface area contributed by atoms with Gasteiger partial charge in [-0.3, -0.25) is 0 Å². The molecule has 3 atom stereocenters. The fourth-order valence-corrected chi connectivity index (χ4v) is 4.59. The summed E-state index contributed by atoms with van der Waals surface area (Å²) in [5, 5.41) is 0. The first-order chi connectivity index (χ1) is 10.8. The van der Waals surface area contributed by atoms with E-state index in [0.29, 0.717) is 18.0 Å². The third-order valence-electron chi connectivity index (χ3n) is 5.30. The molecule has 1 nitrogen and oxygen atoms in total. The van der Waals surface area contributed by atoms with E-state index in [4.69, 9.17) is 0 Å². The summed E-state index contributed by atoms with van der Waals surface area (Å²) in [5.74, 6) is 0.678. The monoisotopic (exact) mass is 289 g/mol. The number of allylic oxidation sites excluding steroid dienone is 1. The maximum Gasteiger partial charge on any atom is 0.0614 e. The van der Waals surface area contributed by atoms with Gasteiger partial charge in [-0.2, -0.15) is 0 Å². The summed E-state index contributed by atoms with van der Waals surface area (Å²) in [6, 6.07) is 23.1. The van der Waals surface area contributed by atoms with Crippen LogP contribution in [0.4, 0.5) is 5.69 Å². The van der Waals surface area contributed by atoms with Gasteiger partial charge in [0.1, 0.15) is 0 Å². The number of anilines is 1. The van der Waals surface area contributed by atoms with Crippen molar-refractivity contribution in [2.24, 2.45) is 5.92 Å². The van der Waals surface area contributed by atoms with Crippen LogP contribution in [-0.4, -0.2) is 6.04 Å². The number of rotatable bonds is 2. The van der Waals surface area contributed by atoms with Crippen molar-refractivity contribution in [1.82, 2.24) is 0 Å². The number of benzene rings is 2. The van der Waals surface area contributed by atoms with Crippen LogP contribution in [0.15, 0.2) is 71.8 Å². The second-order valence-corrected chi connectivity index (χ2v) is 6.75. The van der Waals surface area contributed by atoms with E-state index in [0.717, 1.165) is 0 Å². The Balaban J connectivity index is 1.85. The average Bonchev–Trinajstić information content (AvgIpc) is 3.12. The summed E-state index contributed by atoms with van der Waals surface area (Å²) in [7, 11) is 0. The molecule has 1 aliphatic heterocycles. The highest BCUT2D eigenvalue weighted by molar-refractivity contribution is 5.58. The maximum atomic E-state index is 2.67. The van der Waals surface area contributed by atoms with Crippen LogP contribution in [0.25, 0.3) is 0 Å². The van der Waals surface area contributed by atoms with Crippen LogP contribution in [0.3, 0.4) is 0 Å². The zero-order valence-electron chi connectivity index (χ0n) is 13.4. The molecule has 0 N–H and O–H groups in total. The highest BCUT2D eigenvalue weighted by Crippen LogP contribution is 2.55. The summed E-state index contributed by atoms with van der Waals surface area (Å²) >= 11 is 0. The standard InChI is InChI=1S/C21H23N/c1-15(2)20-18-13-14-19(20)22(17-11-7-4-8-12-17)21(18)16-9-5-3-6-10-16/h3-12,18-19,21H,13-14H2,1-2H3. The minimum Gasteiger partial charge on any atom is -0.357 e. The molecule has 3 unspecified atom stereocenters. The van der Waals surface area contributed by atoms with Crippen LogP contribution in [0.5, 0.6) is 0 Å². The Bertz CT molecular complexity index is 627. The zero-order valence-corrected chi connectivity index (χ0v) is 13.4. The molecule has 0 spiro atoms. The van der Waals surface area contributed by atoms with Crippen LogP contribution in [0, 0.1) is 5.92 Å². The predicted octanol–water partition coefficient (Wildman–Crippen LogP) is 5.36. The fourth-order valence-electron chi connectivity index (χ4n) is 4.59. The highest BCUT2D eigenvalue weighted by atomic mass is 15.2. The summed E-state index contributed by atoms with van der Waals surface area (Å²) in [4.78, 5) is 2.67. The van der Waals surface area contributed by atoms with Gasteiger partial charge in [-0.15, -0.1) is 0 Å². The molecule has 4 rings (SSSR count). The second-order valence-electron chi connectivity index (χ2n) is 6.75. The van der Waals surface area contributed by atoms with Gasteiger partial charge in [0.05, 0.1) is 12.1 Å². The second kappa shape index (κ2) is 5.31. The molecule has 1 aliphatic carbocycles. The van der Waals surface area contributed by atoms with Gasteiger partial charge in [-0.05, 0) is 50.0 Å². The Morgan fingerprint density at radius 2 is 1.50 bits per heavy atom. The van der Waals surface area contributed by atoms with E-state index < -0.39 is 0 Å². The minimum atomic E-state index is 0.493. The molecule has 1 saturated heterocycles. The molecule has 1 saturated carbocycles. The maximum absolute atomic E-state index is 2.67. The molecule has 2 aromatic carbocycles. The number of para-hydroxylation sites is 1. The van der Waals surface area contributed by atoms with Gasteiger partial charge in [0.2, 0.25) is 0 Å². The molecule has 112 valence electrons. The van der Waals surface area contributed by atoms with Gasteiger partial charge in [0.15, 0.2) is 0 Å². The van der Waals surface area contributed by atoms with Gasteiger partial charge in [0, 0.05) is 11.6 Å².